The van der Waals surface area contributed by atoms with Crippen LogP contribution in [0.25, 0.3) is 54.6 Å². The molecule has 1 saturated carbocycles. The fourth-order valence-electron chi connectivity index (χ4n) is 14.3. The molecule has 0 spiro atoms. The number of aryl methyl sites for hydroxylation is 1. The summed E-state index contributed by atoms with van der Waals surface area (Å²) in [5.74, 6) is -0.292. The fraction of sp³-hybridized carbons (Fsp3) is 0.500. The van der Waals surface area contributed by atoms with Crippen molar-refractivity contribution >= 4 is 56.9 Å². The molecular formula is C70H81FN12O10S. The van der Waals surface area contributed by atoms with Crippen LogP contribution in [0.2, 0.25) is 0 Å². The summed E-state index contributed by atoms with van der Waals surface area (Å²) in [6.45, 7) is 15.5. The monoisotopic (exact) mass is 1300 g/mol. The Bertz CT molecular complexity index is 4140. The van der Waals surface area contributed by atoms with Gasteiger partial charge < -0.3 is 53.9 Å². The van der Waals surface area contributed by atoms with E-state index in [2.05, 4.69) is 31.6 Å². The molecular weight excluding hydrogens is 1220 g/mol. The first kappa shape index (κ1) is 63.2. The molecule has 4 aromatic heterocycles. The Balaban J connectivity index is 0.781. The van der Waals surface area contributed by atoms with Gasteiger partial charge in [0.25, 0.3) is 0 Å². The van der Waals surface area contributed by atoms with E-state index >= 15 is 4.39 Å². The molecule has 494 valence electrons. The third-order valence-electron chi connectivity index (χ3n) is 19.3. The molecule has 7 atom stereocenters. The van der Waals surface area contributed by atoms with Gasteiger partial charge in [-0.25, -0.2) is 23.5 Å². The van der Waals surface area contributed by atoms with Gasteiger partial charge in [0, 0.05) is 79.0 Å². The summed E-state index contributed by atoms with van der Waals surface area (Å²) in [5.41, 5.74) is 9.75. The van der Waals surface area contributed by atoms with Gasteiger partial charge in [0.05, 0.1) is 78.0 Å². The van der Waals surface area contributed by atoms with Crippen molar-refractivity contribution in [1.29, 1.82) is 0 Å². The lowest BCUT2D eigenvalue weighted by Gasteiger charge is -2.36. The Hall–Kier alpha value is -8.16. The molecule has 3 amide bonds. The van der Waals surface area contributed by atoms with Gasteiger partial charge in [-0.2, -0.15) is 15.1 Å². The maximum Gasteiger partial charge on any atom is 0.410 e. The number of halogens is 1. The molecule has 6 aliphatic rings. The van der Waals surface area contributed by atoms with E-state index in [1.165, 1.54) is 20.9 Å². The molecule has 5 saturated heterocycles. The lowest BCUT2D eigenvalue weighted by Crippen LogP contribution is -2.50. The minimum absolute atomic E-state index is 0.0282. The van der Waals surface area contributed by atoms with E-state index in [4.69, 9.17) is 38.8 Å². The number of piperazine rings is 1. The minimum Gasteiger partial charge on any atom is -0.486 e. The summed E-state index contributed by atoms with van der Waals surface area (Å²) >= 11 is 1.54. The van der Waals surface area contributed by atoms with Crippen LogP contribution in [0.5, 0.6) is 11.8 Å². The van der Waals surface area contributed by atoms with Crippen molar-refractivity contribution in [2.24, 2.45) is 5.92 Å². The van der Waals surface area contributed by atoms with Crippen molar-refractivity contribution in [2.75, 3.05) is 51.0 Å². The number of carbonyl (C=O) groups is 3. The van der Waals surface area contributed by atoms with Gasteiger partial charge in [-0.05, 0) is 119 Å². The van der Waals surface area contributed by atoms with Crippen LogP contribution >= 0.6 is 11.3 Å². The number of β-amino-alcohol motifs (C(OH)–C–C–N with tert-alkyl or cyclic N) is 1. The second-order valence-corrected chi connectivity index (χ2v) is 28.3. The average molecular weight is 1300 g/mol. The highest BCUT2D eigenvalue weighted by molar-refractivity contribution is 7.13. The number of nitrogens with zero attached hydrogens (tertiary/aromatic N) is 11. The topological polar surface area (TPSA) is 247 Å². The van der Waals surface area contributed by atoms with Crippen molar-refractivity contribution in [3.63, 3.8) is 0 Å². The number of amides is 3. The number of hydrogen-bond donors (Lipinski definition) is 3. The van der Waals surface area contributed by atoms with Crippen LogP contribution in [0.15, 0.2) is 78.6 Å². The van der Waals surface area contributed by atoms with Gasteiger partial charge >= 0.3 is 12.1 Å². The summed E-state index contributed by atoms with van der Waals surface area (Å²) < 4.78 is 52.3. The summed E-state index contributed by atoms with van der Waals surface area (Å²) in [4.78, 5) is 64.0. The second kappa shape index (κ2) is 25.9. The predicted molar refractivity (Wildman–Crippen MR) is 351 cm³/mol. The summed E-state index contributed by atoms with van der Waals surface area (Å²) in [6.07, 6.45) is 8.32. The van der Waals surface area contributed by atoms with Crippen LogP contribution in [-0.4, -0.2) is 160 Å². The number of carbonyl (C=O) groups excluding carboxylic acids is 3. The first-order valence-electron chi connectivity index (χ1n) is 33.1. The highest BCUT2D eigenvalue weighted by Crippen LogP contribution is 2.54. The molecule has 3 N–H and O–H groups in total. The summed E-state index contributed by atoms with van der Waals surface area (Å²) in [5, 5.41) is 40.0. The van der Waals surface area contributed by atoms with E-state index < -0.39 is 41.6 Å². The fourth-order valence-corrected chi connectivity index (χ4v) is 15.2. The third-order valence-corrected chi connectivity index (χ3v) is 20.3. The van der Waals surface area contributed by atoms with Gasteiger partial charge in [0.15, 0.2) is 12.0 Å². The number of rotatable bonds is 18. The van der Waals surface area contributed by atoms with E-state index in [0.717, 1.165) is 87.7 Å². The number of ether oxygens (including phenoxy) is 5. The summed E-state index contributed by atoms with van der Waals surface area (Å²) in [6, 6.07) is 16.5. The Morgan fingerprint density at radius 3 is 2.33 bits per heavy atom. The zero-order valence-electron chi connectivity index (χ0n) is 54.2. The van der Waals surface area contributed by atoms with E-state index in [1.54, 1.807) is 17.8 Å². The number of nitrogens with one attached hydrogen (secondary N) is 1. The van der Waals surface area contributed by atoms with Crippen LogP contribution < -0.4 is 19.7 Å². The maximum absolute atomic E-state index is 17.0. The Morgan fingerprint density at radius 2 is 1.65 bits per heavy atom. The number of anilines is 1. The molecule has 9 heterocycles. The molecule has 1 unspecified atom stereocenters. The molecule has 2 bridgehead atoms. The molecule has 6 fully saturated rings. The molecule has 8 aromatic rings. The quantitative estimate of drug-likeness (QED) is 0.0723. The molecule has 94 heavy (non-hydrogen) atoms. The number of aliphatic hydroxyl groups excluding tert-OH is 2. The van der Waals surface area contributed by atoms with Gasteiger partial charge in [-0.15, -0.1) is 16.4 Å². The maximum atomic E-state index is 17.0. The van der Waals surface area contributed by atoms with Crippen molar-refractivity contribution in [1.82, 2.24) is 54.8 Å². The third kappa shape index (κ3) is 12.5. The molecule has 0 radical (unpaired) electrons. The van der Waals surface area contributed by atoms with Crippen LogP contribution in [0.3, 0.4) is 0 Å². The number of fused-ring (bicyclic) bond motifs is 4. The SMILES string of the molecule is Cc1ncsc1-c1ccc([C@H](CO)NC(=O)[C@@H]2C[C@@H](O)CN2C(=O)[C@H](C(C)C)n2cc(-c3ccc(COc4c(-c5c(C)c(F)cc6c5cnn6C5CCCCO5)c(C5CC5)cc5c(N6C[C@@H]7C[C@H]6CN7C(=O)OC(C)(C)C)nc(OC6CCOCC6)nc45)cc3)nn2)cc1. The van der Waals surface area contributed by atoms with Crippen LogP contribution in [0.1, 0.15) is 145 Å². The first-order chi connectivity index (χ1) is 45.4. The number of aromatic nitrogens is 8. The van der Waals surface area contributed by atoms with Crippen molar-refractivity contribution in [3.8, 4) is 44.6 Å². The van der Waals surface area contributed by atoms with Gasteiger partial charge in [0.2, 0.25) is 11.8 Å². The van der Waals surface area contributed by atoms with Crippen molar-refractivity contribution in [3.05, 3.63) is 112 Å². The van der Waals surface area contributed by atoms with Gasteiger partial charge in [-0.1, -0.05) is 67.6 Å². The second-order valence-electron chi connectivity index (χ2n) is 27.4. The number of aliphatic hydroxyl groups is 2. The zero-order chi connectivity index (χ0) is 65.3. The first-order valence-corrected chi connectivity index (χ1v) is 34.0. The Labute approximate surface area is 548 Å². The zero-order valence-corrected chi connectivity index (χ0v) is 55.0. The smallest absolute Gasteiger partial charge is 0.410 e. The number of benzene rings is 4. The van der Waals surface area contributed by atoms with Crippen LogP contribution in [-0.2, 0) is 30.4 Å². The lowest BCUT2D eigenvalue weighted by atomic mass is 9.88. The number of thiazole rings is 1. The Kier molecular flexibility index (Phi) is 17.4. The van der Waals surface area contributed by atoms with E-state index in [-0.39, 0.29) is 80.4 Å². The normalized spacial score (nSPS) is 21.6. The van der Waals surface area contributed by atoms with E-state index in [0.29, 0.717) is 90.7 Å². The van der Waals surface area contributed by atoms with Crippen LogP contribution in [0, 0.1) is 25.6 Å². The highest BCUT2D eigenvalue weighted by atomic mass is 32.1. The van der Waals surface area contributed by atoms with E-state index in [1.807, 2.05) is 113 Å². The van der Waals surface area contributed by atoms with Crippen molar-refractivity contribution < 1.29 is 52.7 Å². The molecule has 1 aliphatic carbocycles. The summed E-state index contributed by atoms with van der Waals surface area (Å²) in [7, 11) is 0. The molecule has 22 nitrogen and oxygen atoms in total. The minimum atomic E-state index is -1.000. The molecule has 5 aliphatic heterocycles. The van der Waals surface area contributed by atoms with Gasteiger partial charge in [-0.3, -0.25) is 9.59 Å². The largest absolute Gasteiger partial charge is 0.486 e. The van der Waals surface area contributed by atoms with Crippen molar-refractivity contribution in [2.45, 2.75) is 173 Å². The highest BCUT2D eigenvalue weighted by Gasteiger charge is 2.49. The molecule has 24 heteroatoms. The number of hydrogen-bond acceptors (Lipinski definition) is 18. The van der Waals surface area contributed by atoms with Gasteiger partial charge in [0.1, 0.15) is 53.2 Å². The lowest BCUT2D eigenvalue weighted by molar-refractivity contribution is -0.142. The predicted octanol–water partition coefficient (Wildman–Crippen LogP) is 10.7. The Morgan fingerprint density at radius 1 is 0.872 bits per heavy atom. The average Bonchev–Trinajstić information content (AvgIpc) is 1.34. The van der Waals surface area contributed by atoms with Crippen LogP contribution in [0.4, 0.5) is 15.0 Å². The molecule has 14 rings (SSSR count). The number of likely N-dealkylation sites (tertiary alicyclic amines) is 2. The molecule has 4 aromatic carbocycles. The van der Waals surface area contributed by atoms with E-state index in [9.17, 15) is 24.6 Å². The standard InChI is InChI=1S/C70H81FN12O10S/c1-38(2)62(67(87)81-33-48(85)27-57(81)66(86)74-55(35-84)44-17-19-45(20-18-44)64-40(4)72-37-94-64)82-34-54(77-78-82)43-13-11-41(12-14-43)36-91-63-60(59-39(3)53(71)29-56-52(59)30-73-83(56)58-10-8-9-23-90-58)50(42-15-16-42)28-51-61(63)75-68(92-49-21-24-89-25-22-49)76-65(51)79-31-47-26-46(79)32-80(47)69(88)93-70(5,6)7/h11-14,17-20,28-30,34,37-38,42,46-49,55,57-58,62,84-85H,8-10,15-16,21-27,31-33,35-36H2,1-7H3,(H,74,86)/t46-,47-,48+,55-,57-,58?,62-/m0/s1.